The number of carbonyl (C=O) groups is 2. The molecule has 0 saturated heterocycles. The van der Waals surface area contributed by atoms with E-state index in [1.165, 1.54) is 6.07 Å². The van der Waals surface area contributed by atoms with Gasteiger partial charge in [-0.2, -0.15) is 0 Å². The topological polar surface area (TPSA) is 81.4 Å². The van der Waals surface area contributed by atoms with Gasteiger partial charge in [-0.1, -0.05) is 22.0 Å². The summed E-state index contributed by atoms with van der Waals surface area (Å²) in [4.78, 5) is 23.5. The summed E-state index contributed by atoms with van der Waals surface area (Å²) in [5.41, 5.74) is 6.06. The summed E-state index contributed by atoms with van der Waals surface area (Å²) in [5, 5.41) is 2.58. The number of nitrogen functional groups attached to an aromatic ring is 1. The number of rotatable bonds is 4. The Hall–Kier alpha value is -2.41. The summed E-state index contributed by atoms with van der Waals surface area (Å²) < 4.78 is 18.6. The fourth-order valence-corrected chi connectivity index (χ4v) is 2.09. The Morgan fingerprint density at radius 2 is 2.00 bits per heavy atom. The lowest BCUT2D eigenvalue weighted by Gasteiger charge is -2.08. The highest BCUT2D eigenvalue weighted by atomic mass is 79.9. The third kappa shape index (κ3) is 4.29. The molecule has 3 N–H and O–H groups in total. The van der Waals surface area contributed by atoms with Gasteiger partial charge in [0.1, 0.15) is 5.82 Å². The number of ether oxygens (including phenoxy) is 1. The van der Waals surface area contributed by atoms with Gasteiger partial charge in [0, 0.05) is 15.8 Å². The number of nitrogens with one attached hydrogen (secondary N) is 1. The SMILES string of the molecule is Nc1cc(F)ccc1C(=O)OCC(=O)Nc1cccc(Br)c1. The first-order valence-corrected chi connectivity index (χ1v) is 7.02. The highest BCUT2D eigenvalue weighted by molar-refractivity contribution is 9.10. The number of benzene rings is 2. The number of amides is 1. The average molecular weight is 367 g/mol. The molecule has 114 valence electrons. The van der Waals surface area contributed by atoms with Crippen molar-refractivity contribution in [3.05, 3.63) is 58.3 Å². The van der Waals surface area contributed by atoms with Crippen LogP contribution in [0.4, 0.5) is 15.8 Å². The average Bonchev–Trinajstić information content (AvgIpc) is 2.45. The minimum absolute atomic E-state index is 0.0108. The highest BCUT2D eigenvalue weighted by Crippen LogP contribution is 2.16. The van der Waals surface area contributed by atoms with Crippen LogP contribution in [-0.4, -0.2) is 18.5 Å². The quantitative estimate of drug-likeness (QED) is 0.643. The molecule has 0 aromatic heterocycles. The van der Waals surface area contributed by atoms with E-state index in [1.807, 2.05) is 6.07 Å². The molecule has 2 aromatic rings. The number of nitrogens with two attached hydrogens (primary N) is 1. The van der Waals surface area contributed by atoms with Gasteiger partial charge in [-0.05, 0) is 36.4 Å². The molecule has 2 rings (SSSR count). The van der Waals surface area contributed by atoms with Crippen molar-refractivity contribution in [2.45, 2.75) is 0 Å². The molecule has 0 aliphatic rings. The minimum atomic E-state index is -0.790. The molecule has 7 heteroatoms. The van der Waals surface area contributed by atoms with Gasteiger partial charge in [0.2, 0.25) is 0 Å². The van der Waals surface area contributed by atoms with Gasteiger partial charge in [0.15, 0.2) is 6.61 Å². The van der Waals surface area contributed by atoms with Crippen LogP contribution in [0.15, 0.2) is 46.9 Å². The predicted molar refractivity (Wildman–Crippen MR) is 83.9 cm³/mol. The monoisotopic (exact) mass is 366 g/mol. The van der Waals surface area contributed by atoms with Gasteiger partial charge in [-0.15, -0.1) is 0 Å². The Kier molecular flexibility index (Phi) is 5.11. The molecular weight excluding hydrogens is 355 g/mol. The normalized spacial score (nSPS) is 10.1. The smallest absolute Gasteiger partial charge is 0.340 e. The van der Waals surface area contributed by atoms with E-state index in [2.05, 4.69) is 21.2 Å². The number of hydrogen-bond donors (Lipinski definition) is 2. The zero-order chi connectivity index (χ0) is 16.1. The highest BCUT2D eigenvalue weighted by Gasteiger charge is 2.14. The number of hydrogen-bond acceptors (Lipinski definition) is 4. The van der Waals surface area contributed by atoms with Gasteiger partial charge in [0.05, 0.1) is 5.56 Å². The first-order valence-electron chi connectivity index (χ1n) is 6.23. The molecule has 0 bridgehead atoms. The molecule has 0 heterocycles. The van der Waals surface area contributed by atoms with E-state index in [9.17, 15) is 14.0 Å². The zero-order valence-corrected chi connectivity index (χ0v) is 12.9. The maximum absolute atomic E-state index is 12.9. The lowest BCUT2D eigenvalue weighted by atomic mass is 10.2. The Bertz CT molecular complexity index is 722. The maximum atomic E-state index is 12.9. The van der Waals surface area contributed by atoms with Crippen LogP contribution in [0.5, 0.6) is 0 Å². The summed E-state index contributed by atoms with van der Waals surface area (Å²) in [7, 11) is 0. The van der Waals surface area contributed by atoms with Crippen LogP contribution in [0.25, 0.3) is 0 Å². The van der Waals surface area contributed by atoms with E-state index in [4.69, 9.17) is 10.5 Å². The fourth-order valence-electron chi connectivity index (χ4n) is 1.69. The lowest BCUT2D eigenvalue weighted by Crippen LogP contribution is -2.21. The largest absolute Gasteiger partial charge is 0.452 e. The molecule has 0 saturated carbocycles. The second-order valence-electron chi connectivity index (χ2n) is 4.37. The van der Waals surface area contributed by atoms with Crippen molar-refractivity contribution in [1.29, 1.82) is 0 Å². The molecule has 0 atom stereocenters. The predicted octanol–water partition coefficient (Wildman–Crippen LogP) is 2.97. The standard InChI is InChI=1S/C15H12BrFN2O3/c16-9-2-1-3-11(6-9)19-14(20)8-22-15(21)12-5-4-10(17)7-13(12)18/h1-7H,8,18H2,(H,19,20). The first-order chi connectivity index (χ1) is 10.5. The Balaban J connectivity index is 1.92. The number of halogens is 2. The van der Waals surface area contributed by atoms with E-state index in [1.54, 1.807) is 18.2 Å². The van der Waals surface area contributed by atoms with E-state index in [0.717, 1.165) is 16.6 Å². The van der Waals surface area contributed by atoms with Crippen LogP contribution >= 0.6 is 15.9 Å². The van der Waals surface area contributed by atoms with Crippen molar-refractivity contribution in [2.75, 3.05) is 17.7 Å². The summed E-state index contributed by atoms with van der Waals surface area (Å²) in [6.45, 7) is -0.470. The molecule has 0 fully saturated rings. The van der Waals surface area contributed by atoms with Crippen LogP contribution in [-0.2, 0) is 9.53 Å². The van der Waals surface area contributed by atoms with Gasteiger partial charge in [-0.25, -0.2) is 9.18 Å². The maximum Gasteiger partial charge on any atom is 0.340 e. The molecule has 0 spiro atoms. The second-order valence-corrected chi connectivity index (χ2v) is 5.28. The van der Waals surface area contributed by atoms with E-state index < -0.39 is 24.3 Å². The third-order valence-corrected chi connectivity index (χ3v) is 3.17. The van der Waals surface area contributed by atoms with Crippen molar-refractivity contribution in [3.63, 3.8) is 0 Å². The van der Waals surface area contributed by atoms with Crippen LogP contribution in [0.1, 0.15) is 10.4 Å². The second kappa shape index (κ2) is 7.04. The summed E-state index contributed by atoms with van der Waals surface area (Å²) in [6, 6.07) is 10.3. The summed E-state index contributed by atoms with van der Waals surface area (Å²) >= 11 is 3.28. The third-order valence-electron chi connectivity index (χ3n) is 2.68. The molecular formula is C15H12BrFN2O3. The van der Waals surface area contributed by atoms with Gasteiger partial charge in [0.25, 0.3) is 5.91 Å². The van der Waals surface area contributed by atoms with Crippen molar-refractivity contribution >= 4 is 39.2 Å². The number of anilines is 2. The van der Waals surface area contributed by atoms with Crippen LogP contribution < -0.4 is 11.1 Å². The molecule has 22 heavy (non-hydrogen) atoms. The van der Waals surface area contributed by atoms with Gasteiger partial charge >= 0.3 is 5.97 Å². The molecule has 2 aromatic carbocycles. The van der Waals surface area contributed by atoms with Gasteiger partial charge < -0.3 is 15.8 Å². The van der Waals surface area contributed by atoms with E-state index >= 15 is 0 Å². The molecule has 0 aliphatic carbocycles. The van der Waals surface area contributed by atoms with E-state index in [0.29, 0.717) is 5.69 Å². The van der Waals surface area contributed by atoms with Crippen LogP contribution in [0.2, 0.25) is 0 Å². The molecule has 0 unspecified atom stereocenters. The molecule has 1 amide bonds. The van der Waals surface area contributed by atoms with E-state index in [-0.39, 0.29) is 11.3 Å². The van der Waals surface area contributed by atoms with Crippen LogP contribution in [0.3, 0.4) is 0 Å². The summed E-state index contributed by atoms with van der Waals surface area (Å²) in [5.74, 6) is -1.84. The Morgan fingerprint density at radius 3 is 2.68 bits per heavy atom. The zero-order valence-electron chi connectivity index (χ0n) is 11.3. The van der Waals surface area contributed by atoms with Gasteiger partial charge in [-0.3, -0.25) is 4.79 Å². The number of esters is 1. The molecule has 5 nitrogen and oxygen atoms in total. The minimum Gasteiger partial charge on any atom is -0.452 e. The Labute approximate surface area is 134 Å². The van der Waals surface area contributed by atoms with Crippen molar-refractivity contribution in [1.82, 2.24) is 0 Å². The Morgan fingerprint density at radius 1 is 1.23 bits per heavy atom. The van der Waals surface area contributed by atoms with Crippen molar-refractivity contribution < 1.29 is 18.7 Å². The van der Waals surface area contributed by atoms with Crippen molar-refractivity contribution in [2.24, 2.45) is 0 Å². The first kappa shape index (κ1) is 16.0. The summed E-state index contributed by atoms with van der Waals surface area (Å²) in [6.07, 6.45) is 0. The fraction of sp³-hybridized carbons (Fsp3) is 0.0667. The number of carbonyl (C=O) groups excluding carboxylic acids is 2. The van der Waals surface area contributed by atoms with Crippen molar-refractivity contribution in [3.8, 4) is 0 Å². The van der Waals surface area contributed by atoms with Crippen LogP contribution in [0, 0.1) is 5.82 Å². The molecule has 0 aliphatic heterocycles. The lowest BCUT2D eigenvalue weighted by molar-refractivity contribution is -0.119. The molecule has 0 radical (unpaired) electrons.